The maximum Gasteiger partial charge on any atom is 0.119 e. The van der Waals surface area contributed by atoms with E-state index in [1.54, 1.807) is 0 Å². The smallest absolute Gasteiger partial charge is 0.119 e. The molecule has 0 bridgehead atoms. The molecular formula is C18H34O. The first-order valence-electron chi connectivity index (χ1n) is 7.59. The largest absolute Gasteiger partial charge is 0.303 e. The summed E-state index contributed by atoms with van der Waals surface area (Å²) in [6, 6.07) is 8.36. The van der Waals surface area contributed by atoms with Gasteiger partial charge in [0.05, 0.1) is 0 Å². The van der Waals surface area contributed by atoms with Crippen LogP contribution in [0.5, 0.6) is 0 Å². The van der Waals surface area contributed by atoms with Crippen LogP contribution in [0.15, 0.2) is 24.3 Å². The Morgan fingerprint density at radius 3 is 1.32 bits per heavy atom. The molecule has 1 rings (SSSR count). The summed E-state index contributed by atoms with van der Waals surface area (Å²) in [6.45, 7) is 14.5. The summed E-state index contributed by atoms with van der Waals surface area (Å²) in [5.74, 6) is 0. The Morgan fingerprint density at radius 1 is 0.895 bits per heavy atom. The molecule has 0 aromatic heterocycles. The van der Waals surface area contributed by atoms with Crippen LogP contribution in [0.25, 0.3) is 0 Å². The number of aryl methyl sites for hydroxylation is 2. The van der Waals surface area contributed by atoms with Crippen molar-refractivity contribution >= 4 is 6.29 Å². The van der Waals surface area contributed by atoms with Crippen LogP contribution in [0, 0.1) is 13.8 Å². The SMILES string of the molecule is CC.CCC=O.CCCCC.Cc1ccccc1C. The second-order valence-electron chi connectivity index (χ2n) is 4.01. The molecule has 19 heavy (non-hydrogen) atoms. The van der Waals surface area contributed by atoms with Gasteiger partial charge in [0.25, 0.3) is 0 Å². The summed E-state index contributed by atoms with van der Waals surface area (Å²) in [7, 11) is 0. The van der Waals surface area contributed by atoms with E-state index in [1.165, 1.54) is 30.4 Å². The number of hydrogen-bond donors (Lipinski definition) is 0. The molecule has 1 aromatic carbocycles. The monoisotopic (exact) mass is 266 g/mol. The molecule has 1 nitrogen and oxygen atoms in total. The summed E-state index contributed by atoms with van der Waals surface area (Å²) < 4.78 is 0. The van der Waals surface area contributed by atoms with Crippen LogP contribution in [0.3, 0.4) is 0 Å². The molecule has 0 N–H and O–H groups in total. The molecule has 0 aliphatic carbocycles. The van der Waals surface area contributed by atoms with Crippen molar-refractivity contribution in [1.29, 1.82) is 0 Å². The highest BCUT2D eigenvalue weighted by molar-refractivity contribution is 5.48. The first-order chi connectivity index (χ1) is 9.13. The van der Waals surface area contributed by atoms with Gasteiger partial charge in [0.15, 0.2) is 0 Å². The molecule has 0 amide bonds. The molecule has 112 valence electrons. The number of carbonyl (C=O) groups is 1. The van der Waals surface area contributed by atoms with Crippen molar-refractivity contribution in [1.82, 2.24) is 0 Å². The fourth-order valence-corrected chi connectivity index (χ4v) is 1.02. The summed E-state index contributed by atoms with van der Waals surface area (Å²) >= 11 is 0. The number of unbranched alkanes of at least 4 members (excludes halogenated alkanes) is 2. The number of carbonyl (C=O) groups excluding carboxylic acids is 1. The normalized spacial score (nSPS) is 7.74. The van der Waals surface area contributed by atoms with E-state index < -0.39 is 0 Å². The van der Waals surface area contributed by atoms with Crippen LogP contribution < -0.4 is 0 Å². The molecule has 0 atom stereocenters. The quantitative estimate of drug-likeness (QED) is 0.602. The number of hydrogen-bond acceptors (Lipinski definition) is 1. The maximum atomic E-state index is 9.17. The molecule has 1 heteroatoms. The van der Waals surface area contributed by atoms with Gasteiger partial charge in [0.1, 0.15) is 6.29 Å². The lowest BCUT2D eigenvalue weighted by atomic mass is 10.1. The third kappa shape index (κ3) is 22.5. The van der Waals surface area contributed by atoms with Crippen molar-refractivity contribution in [2.45, 2.75) is 74.1 Å². The van der Waals surface area contributed by atoms with Gasteiger partial charge >= 0.3 is 0 Å². The highest BCUT2D eigenvalue weighted by Crippen LogP contribution is 2.02. The Balaban J connectivity index is -0.000000203. The Bertz CT molecular complexity index is 243. The minimum Gasteiger partial charge on any atom is -0.303 e. The zero-order valence-corrected chi connectivity index (χ0v) is 14.1. The Labute approximate surface area is 121 Å². The predicted molar refractivity (Wildman–Crippen MR) is 88.8 cm³/mol. The highest BCUT2D eigenvalue weighted by Gasteiger charge is 1.83. The number of rotatable bonds is 3. The average Bonchev–Trinajstić information content (AvgIpc) is 2.46. The van der Waals surface area contributed by atoms with Crippen molar-refractivity contribution in [2.24, 2.45) is 0 Å². The summed E-state index contributed by atoms with van der Waals surface area (Å²) in [5.41, 5.74) is 2.74. The van der Waals surface area contributed by atoms with E-state index in [1.807, 2.05) is 20.8 Å². The Morgan fingerprint density at radius 2 is 1.21 bits per heavy atom. The molecule has 0 aliphatic rings. The Kier molecular flexibility index (Phi) is 26.8. The first-order valence-corrected chi connectivity index (χ1v) is 7.59. The van der Waals surface area contributed by atoms with Crippen molar-refractivity contribution in [3.8, 4) is 0 Å². The molecule has 1 aromatic rings. The van der Waals surface area contributed by atoms with Crippen LogP contribution in [0.2, 0.25) is 0 Å². The standard InChI is InChI=1S/C8H10.C5H12.C3H6O.C2H6/c1-7-5-3-4-6-8(7)2;1-3-5-4-2;1-2-3-4;1-2/h3-6H,1-2H3;3-5H2,1-2H3;3H,2H2,1H3;1-2H3. The molecule has 0 fully saturated rings. The van der Waals surface area contributed by atoms with Gasteiger partial charge < -0.3 is 4.79 Å². The molecule has 0 heterocycles. The van der Waals surface area contributed by atoms with Crippen molar-refractivity contribution < 1.29 is 4.79 Å². The summed E-state index contributed by atoms with van der Waals surface area (Å²) in [6.07, 6.45) is 5.59. The predicted octanol–water partition coefficient (Wildman–Crippen LogP) is 6.12. The average molecular weight is 266 g/mol. The van der Waals surface area contributed by atoms with E-state index >= 15 is 0 Å². The summed E-state index contributed by atoms with van der Waals surface area (Å²) in [4.78, 5) is 9.17. The molecule has 0 spiro atoms. The van der Waals surface area contributed by atoms with Gasteiger partial charge in [-0.1, -0.05) is 78.1 Å². The lowest BCUT2D eigenvalue weighted by molar-refractivity contribution is -0.107. The van der Waals surface area contributed by atoms with E-state index in [2.05, 4.69) is 52.0 Å². The molecular weight excluding hydrogens is 232 g/mol. The lowest BCUT2D eigenvalue weighted by Crippen LogP contribution is -1.74. The first kappa shape index (κ1) is 23.0. The van der Waals surface area contributed by atoms with Crippen molar-refractivity contribution in [3.63, 3.8) is 0 Å². The van der Waals surface area contributed by atoms with E-state index in [9.17, 15) is 4.79 Å². The number of aldehydes is 1. The second-order valence-corrected chi connectivity index (χ2v) is 4.01. The second kappa shape index (κ2) is 22.1. The molecule has 0 aliphatic heterocycles. The van der Waals surface area contributed by atoms with Gasteiger partial charge in [0.2, 0.25) is 0 Å². The lowest BCUT2D eigenvalue weighted by Gasteiger charge is -1.93. The fourth-order valence-electron chi connectivity index (χ4n) is 1.02. The molecule has 0 radical (unpaired) electrons. The van der Waals surface area contributed by atoms with E-state index in [0.717, 1.165) is 6.29 Å². The van der Waals surface area contributed by atoms with Crippen molar-refractivity contribution in [3.05, 3.63) is 35.4 Å². The molecule has 0 saturated heterocycles. The van der Waals surface area contributed by atoms with Gasteiger partial charge in [0, 0.05) is 6.42 Å². The zero-order valence-electron chi connectivity index (χ0n) is 14.1. The van der Waals surface area contributed by atoms with Crippen LogP contribution in [0.4, 0.5) is 0 Å². The zero-order chi connectivity index (χ0) is 15.5. The van der Waals surface area contributed by atoms with Crippen LogP contribution >= 0.6 is 0 Å². The highest BCUT2D eigenvalue weighted by atomic mass is 16.1. The van der Waals surface area contributed by atoms with Gasteiger partial charge in [-0.2, -0.15) is 0 Å². The third-order valence-corrected chi connectivity index (χ3v) is 2.30. The Hall–Kier alpha value is -1.11. The van der Waals surface area contributed by atoms with Crippen LogP contribution in [-0.2, 0) is 4.79 Å². The van der Waals surface area contributed by atoms with Gasteiger partial charge in [-0.25, -0.2) is 0 Å². The number of benzene rings is 1. The molecule has 0 saturated carbocycles. The van der Waals surface area contributed by atoms with Gasteiger partial charge in [-0.15, -0.1) is 0 Å². The van der Waals surface area contributed by atoms with Crippen molar-refractivity contribution in [2.75, 3.05) is 0 Å². The minimum absolute atomic E-state index is 0.639. The summed E-state index contributed by atoms with van der Waals surface area (Å²) in [5, 5.41) is 0. The fraction of sp³-hybridized carbons (Fsp3) is 0.611. The van der Waals surface area contributed by atoms with E-state index in [0.29, 0.717) is 6.42 Å². The van der Waals surface area contributed by atoms with E-state index in [-0.39, 0.29) is 0 Å². The topological polar surface area (TPSA) is 17.1 Å². The van der Waals surface area contributed by atoms with Crippen LogP contribution in [0.1, 0.15) is 71.4 Å². The van der Waals surface area contributed by atoms with E-state index in [4.69, 9.17) is 0 Å². The molecule has 0 unspecified atom stereocenters. The van der Waals surface area contributed by atoms with Crippen LogP contribution in [-0.4, -0.2) is 6.29 Å². The minimum atomic E-state index is 0.639. The van der Waals surface area contributed by atoms with Gasteiger partial charge in [-0.05, 0) is 25.0 Å². The third-order valence-electron chi connectivity index (χ3n) is 2.30. The van der Waals surface area contributed by atoms with Gasteiger partial charge in [-0.3, -0.25) is 0 Å². The maximum absolute atomic E-state index is 9.17.